The van der Waals surface area contributed by atoms with Gasteiger partial charge in [-0.3, -0.25) is 9.59 Å². The summed E-state index contributed by atoms with van der Waals surface area (Å²) in [6.07, 6.45) is 0. The second-order valence-electron chi connectivity index (χ2n) is 6.29. The van der Waals surface area contributed by atoms with E-state index in [9.17, 15) is 14.0 Å². The topological polar surface area (TPSA) is 97.1 Å². The predicted octanol–water partition coefficient (Wildman–Crippen LogP) is 3.34. The fraction of sp³-hybridized carbons (Fsp3) is 0.200. The first-order valence-corrected chi connectivity index (χ1v) is 9.75. The normalized spacial score (nSPS) is 10.6. The molecule has 0 aliphatic carbocycles. The van der Waals surface area contributed by atoms with Crippen LogP contribution in [-0.4, -0.2) is 34.3 Å². The van der Waals surface area contributed by atoms with Gasteiger partial charge in [-0.25, -0.2) is 4.39 Å². The molecule has 0 spiro atoms. The van der Waals surface area contributed by atoms with E-state index >= 15 is 0 Å². The lowest BCUT2D eigenvalue weighted by Crippen LogP contribution is -2.33. The van der Waals surface area contributed by atoms with Crippen LogP contribution in [-0.2, 0) is 9.59 Å². The average molecular weight is 414 g/mol. The summed E-state index contributed by atoms with van der Waals surface area (Å²) in [5.41, 5.74) is 3.55. The molecule has 0 fully saturated rings. The maximum Gasteiger partial charge on any atom is 0.277 e. The van der Waals surface area contributed by atoms with Crippen LogP contribution in [0.1, 0.15) is 11.1 Å². The number of anilines is 1. The highest BCUT2D eigenvalue weighted by molar-refractivity contribution is 7.99. The van der Waals surface area contributed by atoms with Gasteiger partial charge in [-0.1, -0.05) is 17.8 Å². The third-order valence-corrected chi connectivity index (χ3v) is 4.88. The van der Waals surface area contributed by atoms with Crippen LogP contribution < -0.4 is 10.6 Å². The van der Waals surface area contributed by atoms with Crippen molar-refractivity contribution in [3.8, 4) is 11.5 Å². The highest BCUT2D eigenvalue weighted by Crippen LogP contribution is 2.24. The van der Waals surface area contributed by atoms with E-state index in [0.717, 1.165) is 22.9 Å². The quantitative estimate of drug-likeness (QED) is 0.576. The molecule has 0 aliphatic heterocycles. The van der Waals surface area contributed by atoms with Crippen molar-refractivity contribution in [1.82, 2.24) is 15.5 Å². The zero-order valence-electron chi connectivity index (χ0n) is 15.9. The molecule has 3 rings (SSSR count). The van der Waals surface area contributed by atoms with Gasteiger partial charge in [0, 0.05) is 11.3 Å². The molecular formula is C20H19FN4O3S. The predicted molar refractivity (Wildman–Crippen MR) is 108 cm³/mol. The molecule has 7 nitrogen and oxygen atoms in total. The van der Waals surface area contributed by atoms with Crippen LogP contribution in [0, 0.1) is 19.7 Å². The molecule has 0 saturated heterocycles. The Morgan fingerprint density at radius 1 is 1.03 bits per heavy atom. The molecule has 0 aliphatic rings. The van der Waals surface area contributed by atoms with Crippen LogP contribution in [0.5, 0.6) is 0 Å². The summed E-state index contributed by atoms with van der Waals surface area (Å²) in [6.45, 7) is 3.82. The molecule has 29 heavy (non-hydrogen) atoms. The van der Waals surface area contributed by atoms with Crippen LogP contribution >= 0.6 is 11.8 Å². The van der Waals surface area contributed by atoms with Gasteiger partial charge in [0.05, 0.1) is 12.3 Å². The fourth-order valence-corrected chi connectivity index (χ4v) is 2.95. The molecule has 1 aromatic heterocycles. The number of amides is 2. The summed E-state index contributed by atoms with van der Waals surface area (Å²) in [7, 11) is 0. The van der Waals surface area contributed by atoms with Crippen LogP contribution in [0.25, 0.3) is 11.5 Å². The molecule has 3 aromatic rings. The summed E-state index contributed by atoms with van der Waals surface area (Å²) in [4.78, 5) is 23.7. The Kier molecular flexibility index (Phi) is 6.61. The number of aromatic nitrogens is 2. The fourth-order valence-electron chi connectivity index (χ4n) is 2.35. The van der Waals surface area contributed by atoms with Crippen molar-refractivity contribution in [1.29, 1.82) is 0 Å². The van der Waals surface area contributed by atoms with E-state index in [2.05, 4.69) is 20.8 Å². The van der Waals surface area contributed by atoms with Gasteiger partial charge < -0.3 is 15.1 Å². The Balaban J connectivity index is 1.44. The standard InChI is InChI=1S/C20H19FN4O3S/c1-12-3-4-14(9-13(12)2)19-24-25-20(28-19)29-11-18(27)22-10-17(26)23-16-7-5-15(21)6-8-16/h3-9H,10-11H2,1-2H3,(H,22,27)(H,23,26). The minimum Gasteiger partial charge on any atom is -0.411 e. The zero-order valence-corrected chi connectivity index (χ0v) is 16.7. The van der Waals surface area contributed by atoms with Crippen molar-refractivity contribution < 1.29 is 18.4 Å². The third-order valence-electron chi connectivity index (χ3n) is 4.06. The average Bonchev–Trinajstić information content (AvgIpc) is 3.18. The first kappa shape index (κ1) is 20.5. The highest BCUT2D eigenvalue weighted by atomic mass is 32.2. The van der Waals surface area contributed by atoms with Gasteiger partial charge in [0.15, 0.2) is 0 Å². The molecule has 0 bridgehead atoms. The largest absolute Gasteiger partial charge is 0.411 e. The van der Waals surface area contributed by atoms with E-state index in [1.807, 2.05) is 32.0 Å². The third kappa shape index (κ3) is 5.89. The van der Waals surface area contributed by atoms with Gasteiger partial charge in [0.2, 0.25) is 17.7 Å². The van der Waals surface area contributed by atoms with Crippen molar-refractivity contribution in [2.45, 2.75) is 19.1 Å². The lowest BCUT2D eigenvalue weighted by atomic mass is 10.1. The summed E-state index contributed by atoms with van der Waals surface area (Å²) in [5, 5.41) is 13.3. The Hall–Kier alpha value is -3.20. The number of hydrogen-bond donors (Lipinski definition) is 2. The smallest absolute Gasteiger partial charge is 0.277 e. The Morgan fingerprint density at radius 3 is 2.52 bits per heavy atom. The minimum atomic E-state index is -0.412. The number of nitrogens with zero attached hydrogens (tertiary/aromatic N) is 2. The SMILES string of the molecule is Cc1ccc(-c2nnc(SCC(=O)NCC(=O)Nc3ccc(F)cc3)o2)cc1C. The van der Waals surface area contributed by atoms with E-state index in [4.69, 9.17) is 4.42 Å². The van der Waals surface area contributed by atoms with Gasteiger partial charge in [0.25, 0.3) is 5.22 Å². The number of aryl methyl sites for hydroxylation is 2. The molecule has 2 N–H and O–H groups in total. The van der Waals surface area contributed by atoms with Crippen molar-refractivity contribution in [3.05, 3.63) is 59.4 Å². The number of rotatable bonds is 7. The Morgan fingerprint density at radius 2 is 1.79 bits per heavy atom. The van der Waals surface area contributed by atoms with Gasteiger partial charge in [-0.2, -0.15) is 0 Å². The second-order valence-corrected chi connectivity index (χ2v) is 7.22. The van der Waals surface area contributed by atoms with Crippen molar-refractivity contribution in [2.75, 3.05) is 17.6 Å². The number of carbonyl (C=O) groups excluding carboxylic acids is 2. The first-order chi connectivity index (χ1) is 13.9. The molecule has 9 heteroatoms. The van der Waals surface area contributed by atoms with Crippen molar-refractivity contribution >= 4 is 29.3 Å². The van der Waals surface area contributed by atoms with Crippen LogP contribution in [0.2, 0.25) is 0 Å². The van der Waals surface area contributed by atoms with Crippen molar-refractivity contribution in [2.24, 2.45) is 0 Å². The van der Waals surface area contributed by atoms with Crippen molar-refractivity contribution in [3.63, 3.8) is 0 Å². The number of carbonyl (C=O) groups is 2. The van der Waals surface area contributed by atoms with Gasteiger partial charge in [-0.15, -0.1) is 10.2 Å². The van der Waals surface area contributed by atoms with E-state index in [1.54, 1.807) is 0 Å². The lowest BCUT2D eigenvalue weighted by Gasteiger charge is -2.06. The monoisotopic (exact) mass is 414 g/mol. The molecule has 0 unspecified atom stereocenters. The number of nitrogens with one attached hydrogen (secondary N) is 2. The Bertz CT molecular complexity index is 1020. The van der Waals surface area contributed by atoms with E-state index < -0.39 is 11.7 Å². The summed E-state index contributed by atoms with van der Waals surface area (Å²) < 4.78 is 18.4. The number of benzene rings is 2. The first-order valence-electron chi connectivity index (χ1n) is 8.77. The number of thioether (sulfide) groups is 1. The van der Waals surface area contributed by atoms with E-state index in [1.165, 1.54) is 29.8 Å². The molecule has 2 aromatic carbocycles. The van der Waals surface area contributed by atoms with Crippen LogP contribution in [0.3, 0.4) is 0 Å². The minimum absolute atomic E-state index is 0.0262. The molecule has 0 saturated carbocycles. The van der Waals surface area contributed by atoms with Gasteiger partial charge in [0.1, 0.15) is 5.82 Å². The molecular weight excluding hydrogens is 395 g/mol. The maximum atomic E-state index is 12.8. The lowest BCUT2D eigenvalue weighted by molar-refractivity contribution is -0.122. The Labute approximate surface area is 171 Å². The molecule has 2 amide bonds. The zero-order chi connectivity index (χ0) is 20.8. The molecule has 0 atom stereocenters. The molecule has 0 radical (unpaired) electrons. The van der Waals surface area contributed by atoms with Gasteiger partial charge in [-0.05, 0) is 61.4 Å². The summed E-state index contributed by atoms with van der Waals surface area (Å²) >= 11 is 1.08. The van der Waals surface area contributed by atoms with Crippen LogP contribution in [0.4, 0.5) is 10.1 Å². The van der Waals surface area contributed by atoms with E-state index in [-0.39, 0.29) is 23.4 Å². The maximum absolute atomic E-state index is 12.8. The summed E-state index contributed by atoms with van der Waals surface area (Å²) in [5.74, 6) is -0.747. The molecule has 150 valence electrons. The number of hydrogen-bond acceptors (Lipinski definition) is 6. The number of halogens is 1. The highest BCUT2D eigenvalue weighted by Gasteiger charge is 2.12. The summed E-state index contributed by atoms with van der Waals surface area (Å²) in [6, 6.07) is 11.2. The van der Waals surface area contributed by atoms with Crippen LogP contribution in [0.15, 0.2) is 52.1 Å². The van der Waals surface area contributed by atoms with E-state index in [0.29, 0.717) is 11.6 Å². The second kappa shape index (κ2) is 9.33. The van der Waals surface area contributed by atoms with Gasteiger partial charge >= 0.3 is 0 Å². The molecule has 1 heterocycles.